The molecule has 104 valence electrons. The number of aryl methyl sites for hydroxylation is 1. The van der Waals surface area contributed by atoms with E-state index in [9.17, 15) is 10.1 Å². The Hall–Kier alpha value is -1.69. The molecule has 0 saturated heterocycles. The van der Waals surface area contributed by atoms with Crippen LogP contribution in [-0.4, -0.2) is 29.0 Å². The normalized spacial score (nSPS) is 23.1. The topological polar surface area (TPSA) is 80.1 Å². The Morgan fingerprint density at radius 2 is 1.95 bits per heavy atom. The molecule has 1 heterocycles. The van der Waals surface area contributed by atoms with E-state index in [2.05, 4.69) is 15.6 Å². The van der Waals surface area contributed by atoms with Crippen LogP contribution in [0, 0.1) is 17.0 Å². The second-order valence-electron chi connectivity index (χ2n) is 5.06. The molecular formula is C13H20N4O2. The van der Waals surface area contributed by atoms with Gasteiger partial charge in [0.2, 0.25) is 5.82 Å². The molecule has 6 nitrogen and oxygen atoms in total. The zero-order valence-corrected chi connectivity index (χ0v) is 11.3. The second-order valence-corrected chi connectivity index (χ2v) is 5.06. The highest BCUT2D eigenvalue weighted by molar-refractivity contribution is 5.60. The lowest BCUT2D eigenvalue weighted by Crippen LogP contribution is -2.35. The SMILES string of the molecule is CNC1CCC(Nc2nccc(C)c2[N+](=O)[O-])CC1. The molecule has 1 aromatic heterocycles. The summed E-state index contributed by atoms with van der Waals surface area (Å²) in [5.74, 6) is 0.401. The average molecular weight is 264 g/mol. The molecule has 1 fully saturated rings. The largest absolute Gasteiger partial charge is 0.362 e. The molecule has 1 aliphatic carbocycles. The molecule has 1 saturated carbocycles. The lowest BCUT2D eigenvalue weighted by molar-refractivity contribution is -0.384. The van der Waals surface area contributed by atoms with Crippen LogP contribution in [0.15, 0.2) is 12.3 Å². The fraction of sp³-hybridized carbons (Fsp3) is 0.615. The van der Waals surface area contributed by atoms with E-state index in [-0.39, 0.29) is 16.7 Å². The molecule has 0 bridgehead atoms. The second kappa shape index (κ2) is 5.97. The van der Waals surface area contributed by atoms with Gasteiger partial charge in [0.05, 0.1) is 4.92 Å². The van der Waals surface area contributed by atoms with Crippen LogP contribution >= 0.6 is 0 Å². The molecule has 0 atom stereocenters. The monoisotopic (exact) mass is 264 g/mol. The minimum absolute atomic E-state index is 0.0956. The average Bonchev–Trinajstić information content (AvgIpc) is 2.39. The summed E-state index contributed by atoms with van der Waals surface area (Å²) >= 11 is 0. The highest BCUT2D eigenvalue weighted by atomic mass is 16.6. The minimum Gasteiger partial charge on any atom is -0.362 e. The first kappa shape index (κ1) is 13.7. The molecule has 2 N–H and O–H groups in total. The van der Waals surface area contributed by atoms with Crippen LogP contribution in [0.2, 0.25) is 0 Å². The Balaban J connectivity index is 2.08. The van der Waals surface area contributed by atoms with Gasteiger partial charge in [-0.3, -0.25) is 10.1 Å². The van der Waals surface area contributed by atoms with Crippen LogP contribution < -0.4 is 10.6 Å². The van der Waals surface area contributed by atoms with Crippen molar-refractivity contribution in [2.24, 2.45) is 0 Å². The molecule has 2 rings (SSSR count). The summed E-state index contributed by atoms with van der Waals surface area (Å²) < 4.78 is 0. The number of nitrogens with one attached hydrogen (secondary N) is 2. The summed E-state index contributed by atoms with van der Waals surface area (Å²) in [7, 11) is 1.98. The molecule has 0 aliphatic heterocycles. The van der Waals surface area contributed by atoms with Crippen molar-refractivity contribution in [1.82, 2.24) is 10.3 Å². The third kappa shape index (κ3) is 3.20. The minimum atomic E-state index is -0.357. The maximum absolute atomic E-state index is 11.1. The molecule has 6 heteroatoms. The predicted octanol–water partition coefficient (Wildman–Crippen LogP) is 2.24. The van der Waals surface area contributed by atoms with Crippen molar-refractivity contribution in [2.45, 2.75) is 44.7 Å². The first-order valence-electron chi connectivity index (χ1n) is 6.65. The fourth-order valence-corrected chi connectivity index (χ4v) is 2.61. The molecule has 0 amide bonds. The van der Waals surface area contributed by atoms with Crippen molar-refractivity contribution < 1.29 is 4.92 Å². The van der Waals surface area contributed by atoms with E-state index in [4.69, 9.17) is 0 Å². The van der Waals surface area contributed by atoms with Gasteiger partial charge in [-0.25, -0.2) is 4.98 Å². The number of rotatable bonds is 4. The summed E-state index contributed by atoms with van der Waals surface area (Å²) in [5.41, 5.74) is 0.740. The van der Waals surface area contributed by atoms with Gasteiger partial charge in [-0.2, -0.15) is 0 Å². The summed E-state index contributed by atoms with van der Waals surface area (Å²) in [4.78, 5) is 14.9. The zero-order valence-electron chi connectivity index (χ0n) is 11.3. The van der Waals surface area contributed by atoms with Gasteiger partial charge in [-0.15, -0.1) is 0 Å². The highest BCUT2D eigenvalue weighted by Crippen LogP contribution is 2.28. The Kier molecular flexibility index (Phi) is 4.31. The maximum Gasteiger partial charge on any atom is 0.314 e. The van der Waals surface area contributed by atoms with E-state index in [1.54, 1.807) is 19.2 Å². The van der Waals surface area contributed by atoms with Gasteiger partial charge in [-0.1, -0.05) is 0 Å². The first-order valence-corrected chi connectivity index (χ1v) is 6.65. The van der Waals surface area contributed by atoms with E-state index in [1.807, 2.05) is 7.05 Å². The van der Waals surface area contributed by atoms with Crippen LogP contribution in [0.3, 0.4) is 0 Å². The number of hydrogen-bond acceptors (Lipinski definition) is 5. The molecule has 0 unspecified atom stereocenters. The number of aromatic nitrogens is 1. The van der Waals surface area contributed by atoms with Gasteiger partial charge in [0.25, 0.3) is 0 Å². The number of hydrogen-bond donors (Lipinski definition) is 2. The summed E-state index contributed by atoms with van der Waals surface area (Å²) in [6, 6.07) is 2.51. The number of nitrogens with zero attached hydrogens (tertiary/aromatic N) is 2. The quantitative estimate of drug-likeness (QED) is 0.644. The highest BCUT2D eigenvalue weighted by Gasteiger charge is 2.24. The van der Waals surface area contributed by atoms with Crippen LogP contribution in [0.25, 0.3) is 0 Å². The smallest absolute Gasteiger partial charge is 0.314 e. The lowest BCUT2D eigenvalue weighted by atomic mass is 9.91. The molecule has 1 aromatic rings. The van der Waals surface area contributed by atoms with E-state index in [0.717, 1.165) is 25.7 Å². The Morgan fingerprint density at radius 3 is 2.53 bits per heavy atom. The molecular weight excluding hydrogens is 244 g/mol. The number of pyridine rings is 1. The van der Waals surface area contributed by atoms with Crippen molar-refractivity contribution in [3.8, 4) is 0 Å². The van der Waals surface area contributed by atoms with Gasteiger partial charge in [0, 0.05) is 23.8 Å². The van der Waals surface area contributed by atoms with Gasteiger partial charge >= 0.3 is 5.69 Å². The lowest BCUT2D eigenvalue weighted by Gasteiger charge is -2.29. The fourth-order valence-electron chi connectivity index (χ4n) is 2.61. The summed E-state index contributed by atoms with van der Waals surface area (Å²) in [6.45, 7) is 1.74. The first-order chi connectivity index (χ1) is 9.11. The maximum atomic E-state index is 11.1. The number of nitro groups is 1. The molecule has 1 aliphatic rings. The molecule has 19 heavy (non-hydrogen) atoms. The Labute approximate surface area is 112 Å². The van der Waals surface area contributed by atoms with Gasteiger partial charge < -0.3 is 10.6 Å². The molecule has 0 aromatic carbocycles. The third-order valence-corrected chi connectivity index (χ3v) is 3.78. The van der Waals surface area contributed by atoms with Crippen LogP contribution in [0.4, 0.5) is 11.5 Å². The predicted molar refractivity (Wildman–Crippen MR) is 74.4 cm³/mol. The van der Waals surface area contributed by atoms with Crippen molar-refractivity contribution in [1.29, 1.82) is 0 Å². The summed E-state index contributed by atoms with van der Waals surface area (Å²) in [5, 5.41) is 17.6. The van der Waals surface area contributed by atoms with Crippen molar-refractivity contribution in [3.05, 3.63) is 27.9 Å². The molecule has 0 radical (unpaired) electrons. The van der Waals surface area contributed by atoms with E-state index < -0.39 is 0 Å². The van der Waals surface area contributed by atoms with Crippen molar-refractivity contribution in [3.63, 3.8) is 0 Å². The van der Waals surface area contributed by atoms with Crippen molar-refractivity contribution in [2.75, 3.05) is 12.4 Å². The third-order valence-electron chi connectivity index (χ3n) is 3.78. The van der Waals surface area contributed by atoms with E-state index in [1.165, 1.54) is 0 Å². The van der Waals surface area contributed by atoms with Crippen LogP contribution in [0.5, 0.6) is 0 Å². The molecule has 0 spiro atoms. The zero-order chi connectivity index (χ0) is 13.8. The Morgan fingerprint density at radius 1 is 1.32 bits per heavy atom. The summed E-state index contributed by atoms with van der Waals surface area (Å²) in [6.07, 6.45) is 5.82. The standard InChI is InChI=1S/C13H20N4O2/c1-9-7-8-15-13(12(9)17(18)19)16-11-5-3-10(14-2)4-6-11/h7-8,10-11,14H,3-6H2,1-2H3,(H,15,16). The van der Waals surface area contributed by atoms with Crippen LogP contribution in [-0.2, 0) is 0 Å². The van der Waals surface area contributed by atoms with Gasteiger partial charge in [0.15, 0.2) is 0 Å². The van der Waals surface area contributed by atoms with Crippen LogP contribution in [0.1, 0.15) is 31.2 Å². The Bertz CT molecular complexity index is 456. The van der Waals surface area contributed by atoms with Gasteiger partial charge in [0.1, 0.15) is 0 Å². The number of anilines is 1. The van der Waals surface area contributed by atoms with Crippen molar-refractivity contribution >= 4 is 11.5 Å². The van der Waals surface area contributed by atoms with Gasteiger partial charge in [-0.05, 0) is 45.7 Å². The van der Waals surface area contributed by atoms with E-state index in [0.29, 0.717) is 17.4 Å². The van der Waals surface area contributed by atoms with E-state index >= 15 is 0 Å².